The van der Waals surface area contributed by atoms with Crippen LogP contribution in [-0.2, 0) is 28.8 Å². The Hall–Kier alpha value is -2.86. The first kappa shape index (κ1) is 23.1. The second kappa shape index (κ2) is 11.7. The van der Waals surface area contributed by atoms with Crippen molar-refractivity contribution >= 4 is 35.4 Å². The first-order valence-electron chi connectivity index (χ1n) is 7.34. The summed E-state index contributed by atoms with van der Waals surface area (Å²) in [4.78, 5) is 67.9. The Labute approximate surface area is 147 Å². The predicted molar refractivity (Wildman–Crippen MR) is 82.7 cm³/mol. The molecule has 0 amide bonds. The molecule has 0 aliphatic heterocycles. The molecule has 0 aromatic rings. The van der Waals surface area contributed by atoms with Gasteiger partial charge in [-0.2, -0.15) is 0 Å². The van der Waals surface area contributed by atoms with Crippen LogP contribution in [0, 0.1) is 0 Å². The number of hydrogen-bond acceptors (Lipinski definition) is 8. The number of carboxylic acids is 4. The van der Waals surface area contributed by atoms with Gasteiger partial charge in [0.05, 0.1) is 39.3 Å². The van der Waals surface area contributed by atoms with Gasteiger partial charge < -0.3 is 20.4 Å². The van der Waals surface area contributed by atoms with Crippen LogP contribution >= 0.6 is 0 Å². The summed E-state index contributed by atoms with van der Waals surface area (Å²) >= 11 is 0. The van der Waals surface area contributed by atoms with Gasteiger partial charge in [0, 0.05) is 12.8 Å². The van der Waals surface area contributed by atoms with Crippen LogP contribution in [0.15, 0.2) is 0 Å². The molecular formula is C14H20N2O10. The van der Waals surface area contributed by atoms with E-state index in [9.17, 15) is 28.8 Å². The smallest absolute Gasteiger partial charge is 0.317 e. The highest BCUT2D eigenvalue weighted by Crippen LogP contribution is 2.00. The fraction of sp³-hybridized carbons (Fsp3) is 0.571. The summed E-state index contributed by atoms with van der Waals surface area (Å²) in [5.41, 5.74) is 0. The van der Waals surface area contributed by atoms with E-state index in [4.69, 9.17) is 20.4 Å². The zero-order chi connectivity index (χ0) is 20.3. The molecule has 0 fully saturated rings. The number of ketones is 2. The zero-order valence-electron chi connectivity index (χ0n) is 13.8. The molecule has 146 valence electrons. The molecule has 0 spiro atoms. The first-order valence-corrected chi connectivity index (χ1v) is 7.34. The molecule has 0 bridgehead atoms. The summed E-state index contributed by atoms with van der Waals surface area (Å²) in [5, 5.41) is 34.7. The van der Waals surface area contributed by atoms with E-state index in [1.807, 2.05) is 0 Å². The Morgan fingerprint density at radius 3 is 0.885 bits per heavy atom. The Morgan fingerprint density at radius 2 is 0.692 bits per heavy atom. The topological polar surface area (TPSA) is 190 Å². The van der Waals surface area contributed by atoms with Crippen molar-refractivity contribution in [1.82, 2.24) is 9.80 Å². The van der Waals surface area contributed by atoms with Crippen LogP contribution in [0.3, 0.4) is 0 Å². The standard InChI is InChI=1S/C14H20N2O10/c17-9(3-15(5-11(19)20)6-12(21)22)1-2-10(18)4-16(7-13(23)24)8-14(25)26/h1-8H2,(H,19,20)(H,21,22)(H,23,24)(H,25,26). The molecule has 0 saturated carbocycles. The highest BCUT2D eigenvalue weighted by atomic mass is 16.4. The highest BCUT2D eigenvalue weighted by Gasteiger charge is 2.20. The van der Waals surface area contributed by atoms with Gasteiger partial charge >= 0.3 is 23.9 Å². The lowest BCUT2D eigenvalue weighted by Crippen LogP contribution is -2.39. The van der Waals surface area contributed by atoms with Crippen molar-refractivity contribution in [3.63, 3.8) is 0 Å². The molecule has 0 aliphatic carbocycles. The quantitative estimate of drug-likeness (QED) is 0.243. The van der Waals surface area contributed by atoms with E-state index in [2.05, 4.69) is 0 Å². The third-order valence-electron chi connectivity index (χ3n) is 2.92. The lowest BCUT2D eigenvalue weighted by Gasteiger charge is -2.18. The second-order valence-electron chi connectivity index (χ2n) is 5.44. The summed E-state index contributed by atoms with van der Waals surface area (Å²) < 4.78 is 0. The van der Waals surface area contributed by atoms with Gasteiger partial charge in [0.15, 0.2) is 0 Å². The molecule has 26 heavy (non-hydrogen) atoms. The Kier molecular flexibility index (Phi) is 10.4. The molecule has 0 aliphatic rings. The maximum atomic E-state index is 11.8. The minimum Gasteiger partial charge on any atom is -0.480 e. The Balaban J connectivity index is 4.50. The van der Waals surface area contributed by atoms with Crippen LogP contribution in [0.25, 0.3) is 0 Å². The fourth-order valence-electron chi connectivity index (χ4n) is 2.04. The molecule has 4 N–H and O–H groups in total. The molecular weight excluding hydrogens is 356 g/mol. The summed E-state index contributed by atoms with van der Waals surface area (Å²) in [7, 11) is 0. The summed E-state index contributed by atoms with van der Waals surface area (Å²) in [6, 6.07) is 0. The molecule has 0 aromatic heterocycles. The Bertz CT molecular complexity index is 492. The van der Waals surface area contributed by atoms with Gasteiger partial charge in [-0.3, -0.25) is 38.6 Å². The van der Waals surface area contributed by atoms with E-state index < -0.39 is 74.7 Å². The van der Waals surface area contributed by atoms with Crippen molar-refractivity contribution in [2.24, 2.45) is 0 Å². The third-order valence-corrected chi connectivity index (χ3v) is 2.92. The predicted octanol–water partition coefficient (Wildman–Crippen LogP) is -2.15. The number of Topliss-reactive ketones (excluding diaryl/α,β-unsaturated/α-hetero) is 2. The van der Waals surface area contributed by atoms with Gasteiger partial charge in [0.25, 0.3) is 0 Å². The third kappa shape index (κ3) is 12.5. The minimum atomic E-state index is -1.31. The van der Waals surface area contributed by atoms with Crippen molar-refractivity contribution in [3.05, 3.63) is 0 Å². The van der Waals surface area contributed by atoms with Gasteiger partial charge in [-0.05, 0) is 0 Å². The number of rotatable bonds is 15. The first-order chi connectivity index (χ1) is 12.0. The Morgan fingerprint density at radius 1 is 0.462 bits per heavy atom. The van der Waals surface area contributed by atoms with Crippen LogP contribution in [-0.4, -0.2) is 105 Å². The van der Waals surface area contributed by atoms with Crippen molar-refractivity contribution < 1.29 is 49.2 Å². The van der Waals surface area contributed by atoms with Crippen molar-refractivity contribution in [3.8, 4) is 0 Å². The van der Waals surface area contributed by atoms with Gasteiger partial charge in [0.2, 0.25) is 0 Å². The molecule has 0 atom stereocenters. The van der Waals surface area contributed by atoms with Crippen molar-refractivity contribution in [2.75, 3.05) is 39.3 Å². The molecule has 0 saturated heterocycles. The van der Waals surface area contributed by atoms with Gasteiger partial charge in [-0.1, -0.05) is 0 Å². The minimum absolute atomic E-state index is 0.303. The van der Waals surface area contributed by atoms with Gasteiger partial charge in [-0.25, -0.2) is 0 Å². The molecule has 12 nitrogen and oxygen atoms in total. The number of carbonyl (C=O) groups is 6. The van der Waals surface area contributed by atoms with E-state index in [0.29, 0.717) is 0 Å². The van der Waals surface area contributed by atoms with Gasteiger partial charge in [-0.15, -0.1) is 0 Å². The molecule has 12 heteroatoms. The number of hydrogen-bond donors (Lipinski definition) is 4. The number of carbonyl (C=O) groups excluding carboxylic acids is 2. The lowest BCUT2D eigenvalue weighted by atomic mass is 10.1. The van der Waals surface area contributed by atoms with E-state index in [-0.39, 0.29) is 12.8 Å². The fourth-order valence-corrected chi connectivity index (χ4v) is 2.04. The number of aliphatic carboxylic acids is 4. The van der Waals surface area contributed by atoms with Crippen LogP contribution in [0.4, 0.5) is 0 Å². The maximum absolute atomic E-state index is 11.8. The second-order valence-corrected chi connectivity index (χ2v) is 5.44. The summed E-state index contributed by atoms with van der Waals surface area (Å²) in [5.74, 6) is -6.38. The van der Waals surface area contributed by atoms with Crippen LogP contribution < -0.4 is 0 Å². The monoisotopic (exact) mass is 376 g/mol. The van der Waals surface area contributed by atoms with Crippen molar-refractivity contribution in [1.29, 1.82) is 0 Å². The average molecular weight is 376 g/mol. The molecule has 0 rings (SSSR count). The van der Waals surface area contributed by atoms with E-state index in [1.165, 1.54) is 0 Å². The van der Waals surface area contributed by atoms with E-state index >= 15 is 0 Å². The van der Waals surface area contributed by atoms with Crippen LogP contribution in [0.1, 0.15) is 12.8 Å². The molecule has 0 radical (unpaired) electrons. The summed E-state index contributed by atoms with van der Waals surface area (Å²) in [6.45, 7) is -3.57. The van der Waals surface area contributed by atoms with Gasteiger partial charge in [0.1, 0.15) is 11.6 Å². The number of carboxylic acid groups (broad SMARTS) is 4. The zero-order valence-corrected chi connectivity index (χ0v) is 13.8. The van der Waals surface area contributed by atoms with E-state index in [0.717, 1.165) is 9.80 Å². The molecule has 0 unspecified atom stereocenters. The highest BCUT2D eigenvalue weighted by molar-refractivity contribution is 5.89. The van der Waals surface area contributed by atoms with Crippen LogP contribution in [0.2, 0.25) is 0 Å². The maximum Gasteiger partial charge on any atom is 0.317 e. The number of nitrogens with zero attached hydrogens (tertiary/aromatic N) is 2. The lowest BCUT2D eigenvalue weighted by molar-refractivity contribution is -0.145. The molecule has 0 heterocycles. The summed E-state index contributed by atoms with van der Waals surface area (Å²) in [6.07, 6.45) is -0.606. The average Bonchev–Trinajstić information content (AvgIpc) is 2.41. The van der Waals surface area contributed by atoms with Crippen molar-refractivity contribution in [2.45, 2.75) is 12.8 Å². The SMILES string of the molecule is O=C(O)CN(CC(=O)O)CC(=O)CCC(=O)CN(CC(=O)O)CC(=O)O. The van der Waals surface area contributed by atoms with Crippen LogP contribution in [0.5, 0.6) is 0 Å². The normalized spacial score (nSPS) is 10.7. The largest absolute Gasteiger partial charge is 0.480 e. The molecule has 0 aromatic carbocycles. The van der Waals surface area contributed by atoms with E-state index in [1.54, 1.807) is 0 Å².